The van der Waals surface area contributed by atoms with Crippen LogP contribution in [0, 0.1) is 11.6 Å². The van der Waals surface area contributed by atoms with Gasteiger partial charge in [0.2, 0.25) is 11.8 Å². The van der Waals surface area contributed by atoms with E-state index in [-0.39, 0.29) is 34.3 Å². The molecule has 5 N–H and O–H groups in total. The SMILES string of the molecule is COc1nc(N)nc2c1ncn2C1O[C@H](COP(=O)(N[C@@H](C)C(=O)OCc2ccc(F)cc2F)Oc2cccc3ncccc23)[C@@H](O)[C@@]1(C)O. The molecule has 0 saturated carbocycles. The summed E-state index contributed by atoms with van der Waals surface area (Å²) in [4.78, 5) is 29.6. The van der Waals surface area contributed by atoms with Crippen molar-refractivity contribution in [1.82, 2.24) is 29.6 Å². The average Bonchev–Trinajstić information content (AvgIpc) is 3.59. The van der Waals surface area contributed by atoms with E-state index < -0.39 is 68.6 Å². The van der Waals surface area contributed by atoms with Crippen molar-refractivity contribution in [3.8, 4) is 11.6 Å². The van der Waals surface area contributed by atoms with Crippen LogP contribution >= 0.6 is 7.75 Å². The molecular weight excluding hydrogens is 683 g/mol. The number of ether oxygens (including phenoxy) is 3. The van der Waals surface area contributed by atoms with Gasteiger partial charge < -0.3 is 34.7 Å². The molecule has 5 aromatic rings. The predicted molar refractivity (Wildman–Crippen MR) is 172 cm³/mol. The zero-order chi connectivity index (χ0) is 35.8. The van der Waals surface area contributed by atoms with E-state index in [0.29, 0.717) is 17.0 Å². The van der Waals surface area contributed by atoms with E-state index in [9.17, 15) is 28.4 Å². The maximum absolute atomic E-state index is 14.4. The van der Waals surface area contributed by atoms with E-state index in [2.05, 4.69) is 25.0 Å². The first kappa shape index (κ1) is 35.0. The number of rotatable bonds is 12. The Morgan fingerprint density at radius 2 is 2.00 bits per heavy atom. The molecule has 6 atom stereocenters. The number of esters is 1. The Labute approximate surface area is 282 Å². The second-order valence-electron chi connectivity index (χ2n) is 11.5. The van der Waals surface area contributed by atoms with Crippen molar-refractivity contribution in [3.05, 3.63) is 78.3 Å². The van der Waals surface area contributed by atoms with Gasteiger partial charge in [0, 0.05) is 23.2 Å². The van der Waals surface area contributed by atoms with Crippen molar-refractivity contribution in [2.75, 3.05) is 19.5 Å². The monoisotopic (exact) mass is 715 g/mol. The highest BCUT2D eigenvalue weighted by molar-refractivity contribution is 7.52. The molecule has 19 heteroatoms. The van der Waals surface area contributed by atoms with Gasteiger partial charge in [-0.3, -0.25) is 18.9 Å². The average molecular weight is 716 g/mol. The lowest BCUT2D eigenvalue weighted by atomic mass is 9.96. The molecule has 0 aliphatic carbocycles. The van der Waals surface area contributed by atoms with Gasteiger partial charge in [0.15, 0.2) is 17.4 Å². The summed E-state index contributed by atoms with van der Waals surface area (Å²) >= 11 is 0. The number of methoxy groups -OCH3 is 1. The van der Waals surface area contributed by atoms with Gasteiger partial charge in [-0.05, 0) is 50.2 Å². The van der Waals surface area contributed by atoms with Gasteiger partial charge >= 0.3 is 13.7 Å². The topological polar surface area (TPSA) is 215 Å². The quantitative estimate of drug-likeness (QED) is 0.108. The van der Waals surface area contributed by atoms with Crippen molar-refractivity contribution in [2.24, 2.45) is 0 Å². The highest BCUT2D eigenvalue weighted by Crippen LogP contribution is 2.48. The van der Waals surface area contributed by atoms with E-state index in [0.717, 1.165) is 12.1 Å². The lowest BCUT2D eigenvalue weighted by molar-refractivity contribution is -0.146. The number of fused-ring (bicyclic) bond motifs is 2. The minimum Gasteiger partial charge on any atom is -0.479 e. The predicted octanol–water partition coefficient (Wildman–Crippen LogP) is 3.18. The van der Waals surface area contributed by atoms with Crippen LogP contribution in [0.25, 0.3) is 22.1 Å². The fourth-order valence-electron chi connectivity index (χ4n) is 5.35. The number of nitrogens with one attached hydrogen (secondary N) is 1. The van der Waals surface area contributed by atoms with Gasteiger partial charge in [0.1, 0.15) is 47.8 Å². The van der Waals surface area contributed by atoms with Gasteiger partial charge in [-0.1, -0.05) is 6.07 Å². The maximum atomic E-state index is 14.4. The number of nitrogen functional groups attached to an aromatic ring is 1. The number of nitrogens with two attached hydrogens (primary N) is 1. The third-order valence-electron chi connectivity index (χ3n) is 7.93. The molecule has 0 spiro atoms. The Balaban J connectivity index is 1.23. The summed E-state index contributed by atoms with van der Waals surface area (Å²) in [5.74, 6) is -2.67. The molecular formula is C31H32F2N7O9P. The van der Waals surface area contributed by atoms with Gasteiger partial charge in [0.05, 0.1) is 25.6 Å². The van der Waals surface area contributed by atoms with Gasteiger partial charge in [-0.25, -0.2) is 18.3 Å². The second-order valence-corrected chi connectivity index (χ2v) is 13.2. The van der Waals surface area contributed by atoms with Crippen LogP contribution in [-0.4, -0.2) is 78.3 Å². The van der Waals surface area contributed by atoms with Crippen molar-refractivity contribution in [2.45, 2.75) is 50.5 Å². The molecule has 1 aliphatic heterocycles. The second kappa shape index (κ2) is 13.8. The number of hydrogen-bond donors (Lipinski definition) is 4. The molecule has 6 rings (SSSR count). The highest BCUT2D eigenvalue weighted by Gasteiger charge is 2.54. The Morgan fingerprint density at radius 1 is 1.20 bits per heavy atom. The van der Waals surface area contributed by atoms with Crippen LogP contribution in [-0.2, 0) is 30.0 Å². The maximum Gasteiger partial charge on any atom is 0.459 e. The summed E-state index contributed by atoms with van der Waals surface area (Å²) in [7, 11) is -3.20. The summed E-state index contributed by atoms with van der Waals surface area (Å²) < 4.78 is 71.2. The first-order chi connectivity index (χ1) is 23.8. The van der Waals surface area contributed by atoms with E-state index in [1.165, 1.54) is 37.9 Å². The molecule has 50 heavy (non-hydrogen) atoms. The summed E-state index contributed by atoms with van der Waals surface area (Å²) in [6.07, 6.45) is -1.37. The van der Waals surface area contributed by atoms with Crippen LogP contribution in [0.1, 0.15) is 25.6 Å². The fraction of sp³-hybridized carbons (Fsp3) is 0.323. The smallest absolute Gasteiger partial charge is 0.459 e. The number of nitrogens with zero attached hydrogens (tertiary/aromatic N) is 5. The standard InChI is InChI=1S/C31H32F2N7O9P/c1-16(28(42)46-13-17-9-10-18(32)12-20(17)33)39-50(44,49-22-8-4-7-21-19(22)6-5-11-35-21)47-14-23-25(41)31(2,43)29(48-23)40-15-36-24-26(40)37-30(34)38-27(24)45-3/h4-12,15-16,23,25,29,41,43H,13-14H2,1-3H3,(H,39,44)(H2,34,37,38)/t16-,23+,25+,29?,31+,50?/m0/s1. The summed E-state index contributed by atoms with van der Waals surface area (Å²) in [5, 5.41) is 25.5. The number of imidazole rings is 1. The summed E-state index contributed by atoms with van der Waals surface area (Å²) in [6.45, 7) is 1.45. The van der Waals surface area contributed by atoms with Crippen molar-refractivity contribution in [3.63, 3.8) is 0 Å². The number of anilines is 1. The first-order valence-electron chi connectivity index (χ1n) is 15.1. The number of carbonyl (C=O) groups is 1. The van der Waals surface area contributed by atoms with Crippen molar-refractivity contribution < 1.29 is 51.6 Å². The molecule has 0 radical (unpaired) electrons. The first-order valence-corrected chi connectivity index (χ1v) is 16.6. The molecule has 264 valence electrons. The fourth-order valence-corrected chi connectivity index (χ4v) is 6.87. The van der Waals surface area contributed by atoms with Crippen LogP contribution in [0.2, 0.25) is 0 Å². The van der Waals surface area contributed by atoms with Crippen molar-refractivity contribution >= 4 is 41.7 Å². The number of pyridine rings is 1. The summed E-state index contributed by atoms with van der Waals surface area (Å²) in [6, 6.07) is 9.56. The Hall–Kier alpha value is -4.84. The van der Waals surface area contributed by atoms with Gasteiger partial charge in [0.25, 0.3) is 0 Å². The lowest BCUT2D eigenvalue weighted by Crippen LogP contribution is -2.44. The minimum absolute atomic E-state index is 0.0764. The number of halogens is 2. The molecule has 1 saturated heterocycles. The number of hydrogen-bond acceptors (Lipinski definition) is 14. The zero-order valence-corrected chi connectivity index (χ0v) is 27.7. The lowest BCUT2D eigenvalue weighted by Gasteiger charge is -2.27. The van der Waals surface area contributed by atoms with Crippen LogP contribution in [0.4, 0.5) is 14.7 Å². The number of benzene rings is 2. The van der Waals surface area contributed by atoms with Crippen LogP contribution in [0.5, 0.6) is 11.6 Å². The minimum atomic E-state index is -4.57. The largest absolute Gasteiger partial charge is 0.479 e. The van der Waals surface area contributed by atoms with Gasteiger partial charge in [-0.2, -0.15) is 15.1 Å². The molecule has 2 unspecified atom stereocenters. The zero-order valence-electron chi connectivity index (χ0n) is 26.8. The molecule has 4 heterocycles. The van der Waals surface area contributed by atoms with Gasteiger partial charge in [-0.15, -0.1) is 0 Å². The number of aliphatic hydroxyl groups excluding tert-OH is 1. The van der Waals surface area contributed by atoms with Crippen LogP contribution in [0.15, 0.2) is 61.1 Å². The molecule has 16 nitrogen and oxygen atoms in total. The van der Waals surface area contributed by atoms with Crippen LogP contribution < -0.4 is 20.1 Å². The highest BCUT2D eigenvalue weighted by atomic mass is 31.2. The molecule has 3 aromatic heterocycles. The molecule has 1 aliphatic rings. The number of aromatic nitrogens is 5. The molecule has 0 amide bonds. The van der Waals surface area contributed by atoms with E-state index in [1.807, 2.05) is 0 Å². The van der Waals surface area contributed by atoms with Crippen molar-refractivity contribution in [1.29, 1.82) is 0 Å². The Morgan fingerprint density at radius 3 is 2.76 bits per heavy atom. The number of carbonyl (C=O) groups excluding carboxylic acids is 1. The third kappa shape index (κ3) is 6.94. The molecule has 0 bridgehead atoms. The Bertz CT molecular complexity index is 2100. The number of aliphatic hydroxyl groups is 2. The van der Waals surface area contributed by atoms with E-state index >= 15 is 0 Å². The molecule has 2 aromatic carbocycles. The van der Waals surface area contributed by atoms with E-state index in [4.69, 9.17) is 29.0 Å². The summed E-state index contributed by atoms with van der Waals surface area (Å²) in [5.41, 5.74) is 4.63. The van der Waals surface area contributed by atoms with E-state index in [1.54, 1.807) is 30.5 Å². The normalized spacial score (nSPS) is 22.3. The molecule has 1 fully saturated rings. The van der Waals surface area contributed by atoms with Crippen LogP contribution in [0.3, 0.4) is 0 Å². The Kier molecular flexibility index (Phi) is 9.67. The third-order valence-corrected chi connectivity index (χ3v) is 9.56.